The summed E-state index contributed by atoms with van der Waals surface area (Å²) in [5, 5.41) is 15.6. The summed E-state index contributed by atoms with van der Waals surface area (Å²) in [4.78, 5) is 27.5. The van der Waals surface area contributed by atoms with Crippen molar-refractivity contribution in [3.63, 3.8) is 0 Å². The fourth-order valence-electron chi connectivity index (χ4n) is 4.30. The first-order valence-electron chi connectivity index (χ1n) is 12.0. The fourth-order valence-corrected chi connectivity index (χ4v) is 5.22. The lowest BCUT2D eigenvalue weighted by Gasteiger charge is -2.24. The molecule has 180 valence electrons. The molecule has 35 heavy (non-hydrogen) atoms. The first-order valence-corrected chi connectivity index (χ1v) is 12.8. The van der Waals surface area contributed by atoms with E-state index in [2.05, 4.69) is 51.7 Å². The summed E-state index contributed by atoms with van der Waals surface area (Å²) in [6.45, 7) is 6.98. The maximum absolute atomic E-state index is 13.0. The topological polar surface area (TPSA) is 87.2 Å². The van der Waals surface area contributed by atoms with Crippen LogP contribution in [0.4, 0.5) is 10.3 Å². The van der Waals surface area contributed by atoms with E-state index < -0.39 is 0 Å². The van der Waals surface area contributed by atoms with Crippen LogP contribution in [-0.2, 0) is 0 Å². The Kier molecular flexibility index (Phi) is 6.38. The van der Waals surface area contributed by atoms with Gasteiger partial charge in [-0.2, -0.15) is 0 Å². The average Bonchev–Trinajstić information content (AvgIpc) is 3.49. The van der Waals surface area contributed by atoms with E-state index in [4.69, 9.17) is 0 Å². The van der Waals surface area contributed by atoms with Gasteiger partial charge in [-0.1, -0.05) is 41.7 Å². The average molecular weight is 488 g/mol. The third-order valence-electron chi connectivity index (χ3n) is 6.61. The second kappa shape index (κ2) is 9.62. The molecule has 2 unspecified atom stereocenters. The number of rotatable bonds is 7. The molecule has 5 rings (SSSR count). The van der Waals surface area contributed by atoms with Crippen LogP contribution in [0.3, 0.4) is 0 Å². The van der Waals surface area contributed by atoms with Gasteiger partial charge < -0.3 is 10.2 Å². The highest BCUT2D eigenvalue weighted by atomic mass is 32.1. The summed E-state index contributed by atoms with van der Waals surface area (Å²) < 4.78 is 0. The molecule has 1 saturated carbocycles. The number of benzene rings is 2. The Labute approximate surface area is 209 Å². The van der Waals surface area contributed by atoms with Crippen molar-refractivity contribution in [2.75, 3.05) is 16.8 Å². The number of carbonyl (C=O) groups excluding carboxylic acids is 2. The molecule has 0 radical (unpaired) electrons. The predicted octanol–water partition coefficient (Wildman–Crippen LogP) is 5.06. The predicted molar refractivity (Wildman–Crippen MR) is 140 cm³/mol. The van der Waals surface area contributed by atoms with Crippen molar-refractivity contribution in [1.29, 1.82) is 0 Å². The first kappa shape index (κ1) is 23.2. The Morgan fingerprint density at radius 2 is 1.66 bits per heavy atom. The Hall–Kier alpha value is -3.52. The van der Waals surface area contributed by atoms with Gasteiger partial charge in [-0.25, -0.2) is 0 Å². The number of hydrogen-bond acceptors (Lipinski definition) is 6. The summed E-state index contributed by atoms with van der Waals surface area (Å²) in [5.74, 6) is 0.370. The molecule has 1 fully saturated rings. The van der Waals surface area contributed by atoms with Gasteiger partial charge in [0.2, 0.25) is 10.3 Å². The third kappa shape index (κ3) is 5.12. The van der Waals surface area contributed by atoms with Crippen molar-refractivity contribution in [2.24, 2.45) is 5.92 Å². The molecule has 7 nitrogen and oxygen atoms in total. The van der Waals surface area contributed by atoms with Crippen molar-refractivity contribution in [3.05, 3.63) is 71.3 Å². The van der Waals surface area contributed by atoms with Crippen molar-refractivity contribution in [1.82, 2.24) is 15.5 Å². The van der Waals surface area contributed by atoms with Gasteiger partial charge in [0.05, 0.1) is 0 Å². The van der Waals surface area contributed by atoms with Crippen LogP contribution < -0.4 is 15.5 Å². The Bertz CT molecular complexity index is 1270. The van der Waals surface area contributed by atoms with Gasteiger partial charge in [-0.15, -0.1) is 10.2 Å². The number of amides is 2. The minimum Gasteiger partial charge on any atom is -0.352 e. The van der Waals surface area contributed by atoms with E-state index in [1.165, 1.54) is 24.2 Å². The molecule has 1 aliphatic carbocycles. The van der Waals surface area contributed by atoms with Crippen LogP contribution in [0.1, 0.15) is 53.0 Å². The molecule has 2 aromatic carbocycles. The molecule has 1 aromatic heterocycles. The normalized spacial score (nSPS) is 19.1. The van der Waals surface area contributed by atoms with E-state index in [1.54, 1.807) is 0 Å². The van der Waals surface area contributed by atoms with Crippen LogP contribution in [0.25, 0.3) is 11.1 Å². The molecule has 0 spiro atoms. The van der Waals surface area contributed by atoms with Crippen molar-refractivity contribution >= 4 is 33.4 Å². The van der Waals surface area contributed by atoms with E-state index in [-0.39, 0.29) is 23.9 Å². The van der Waals surface area contributed by atoms with Crippen LogP contribution in [0.15, 0.2) is 54.6 Å². The minimum atomic E-state index is -0.231. The summed E-state index contributed by atoms with van der Waals surface area (Å²) in [6, 6.07) is 13.6. The van der Waals surface area contributed by atoms with Crippen molar-refractivity contribution < 1.29 is 9.59 Å². The fraction of sp³-hybridized carbons (Fsp3) is 0.333. The number of nitrogens with zero attached hydrogens (tertiary/aromatic N) is 3. The molecule has 2 aliphatic rings. The highest BCUT2D eigenvalue weighted by Crippen LogP contribution is 2.31. The molecular weight excluding hydrogens is 458 g/mol. The molecule has 2 heterocycles. The molecule has 2 atom stereocenters. The lowest BCUT2D eigenvalue weighted by Crippen LogP contribution is -2.33. The Balaban J connectivity index is 1.28. The van der Waals surface area contributed by atoms with E-state index >= 15 is 0 Å². The molecule has 2 amide bonds. The van der Waals surface area contributed by atoms with Crippen LogP contribution in [0.5, 0.6) is 0 Å². The highest BCUT2D eigenvalue weighted by Gasteiger charge is 2.26. The van der Waals surface area contributed by atoms with Crippen LogP contribution in [0.2, 0.25) is 0 Å². The lowest BCUT2D eigenvalue weighted by atomic mass is 9.97. The number of aromatic nitrogens is 2. The van der Waals surface area contributed by atoms with Gasteiger partial charge in [-0.3, -0.25) is 14.9 Å². The lowest BCUT2D eigenvalue weighted by molar-refractivity contribution is 0.0951. The molecular formula is C27H29N5O2S. The SMILES string of the molecule is Cc1ccc(C(=O)Nc2nnc(N3C(C)C=CC3C)s2)cc1-c1ccc(C(=O)NCC2CC2)cc1. The van der Waals surface area contributed by atoms with Gasteiger partial charge in [0.1, 0.15) is 0 Å². The minimum absolute atomic E-state index is 0.0433. The number of aryl methyl sites for hydroxylation is 1. The van der Waals surface area contributed by atoms with Gasteiger partial charge in [0, 0.05) is 29.8 Å². The number of carbonyl (C=O) groups is 2. The van der Waals surface area contributed by atoms with Crippen LogP contribution in [0, 0.1) is 12.8 Å². The maximum Gasteiger partial charge on any atom is 0.257 e. The molecule has 8 heteroatoms. The van der Waals surface area contributed by atoms with E-state index in [0.717, 1.165) is 28.4 Å². The third-order valence-corrected chi connectivity index (χ3v) is 7.46. The van der Waals surface area contributed by atoms with Gasteiger partial charge >= 0.3 is 0 Å². The largest absolute Gasteiger partial charge is 0.352 e. The quantitative estimate of drug-likeness (QED) is 0.455. The van der Waals surface area contributed by atoms with E-state index in [1.807, 2.05) is 49.4 Å². The first-order chi connectivity index (χ1) is 16.9. The summed E-state index contributed by atoms with van der Waals surface area (Å²) in [6.07, 6.45) is 6.70. The van der Waals surface area contributed by atoms with E-state index in [9.17, 15) is 9.59 Å². The zero-order valence-electron chi connectivity index (χ0n) is 20.1. The van der Waals surface area contributed by atoms with Gasteiger partial charge in [0.25, 0.3) is 11.8 Å². The second-order valence-corrected chi connectivity index (χ2v) is 10.3. The molecule has 3 aromatic rings. The molecule has 1 aliphatic heterocycles. The summed E-state index contributed by atoms with van der Waals surface area (Å²) >= 11 is 1.37. The monoisotopic (exact) mass is 487 g/mol. The van der Waals surface area contributed by atoms with Gasteiger partial charge in [-0.05, 0) is 80.5 Å². The van der Waals surface area contributed by atoms with Gasteiger partial charge in [0.15, 0.2) is 0 Å². The smallest absolute Gasteiger partial charge is 0.257 e. The number of anilines is 2. The van der Waals surface area contributed by atoms with E-state index in [0.29, 0.717) is 22.2 Å². The zero-order chi connectivity index (χ0) is 24.5. The van der Waals surface area contributed by atoms with Crippen LogP contribution in [-0.4, -0.2) is 40.6 Å². The molecule has 0 bridgehead atoms. The Morgan fingerprint density at radius 1 is 0.971 bits per heavy atom. The Morgan fingerprint density at radius 3 is 2.34 bits per heavy atom. The molecule has 0 saturated heterocycles. The van der Waals surface area contributed by atoms with Crippen molar-refractivity contribution in [3.8, 4) is 11.1 Å². The van der Waals surface area contributed by atoms with Crippen molar-refractivity contribution in [2.45, 2.75) is 45.7 Å². The number of hydrogen-bond donors (Lipinski definition) is 2. The number of nitrogens with one attached hydrogen (secondary N) is 2. The molecule has 2 N–H and O–H groups in total. The highest BCUT2D eigenvalue weighted by molar-refractivity contribution is 7.19. The standard InChI is InChI=1S/C27H29N5O2S/c1-16-4-9-22(25(34)29-26-30-31-27(35-26)32-17(2)5-6-18(32)3)14-23(16)20-10-12-21(13-11-20)24(33)28-15-19-7-8-19/h4-6,9-14,17-19H,7-8,15H2,1-3H3,(H,28,33)(H,29,30,34). The summed E-state index contributed by atoms with van der Waals surface area (Å²) in [5.41, 5.74) is 4.14. The second-order valence-electron chi connectivity index (χ2n) is 9.38. The summed E-state index contributed by atoms with van der Waals surface area (Å²) in [7, 11) is 0. The van der Waals surface area contributed by atoms with Crippen LogP contribution >= 0.6 is 11.3 Å². The maximum atomic E-state index is 13.0. The zero-order valence-corrected chi connectivity index (χ0v) is 20.9.